The zero-order valence-corrected chi connectivity index (χ0v) is 12.9. The smallest absolute Gasteiger partial charge is 0.400 e. The first kappa shape index (κ1) is 16.1. The molecule has 1 aliphatic rings. The van der Waals surface area contributed by atoms with Gasteiger partial charge < -0.3 is 14.1 Å². The van der Waals surface area contributed by atoms with Crippen LogP contribution in [0.1, 0.15) is 20.9 Å². The Morgan fingerprint density at radius 1 is 0.760 bits per heavy atom. The van der Waals surface area contributed by atoms with Crippen molar-refractivity contribution in [2.24, 2.45) is 10.3 Å². The summed E-state index contributed by atoms with van der Waals surface area (Å²) >= 11 is 0. The lowest BCUT2D eigenvalue weighted by Crippen LogP contribution is -2.06. The van der Waals surface area contributed by atoms with Gasteiger partial charge in [-0.05, 0) is 48.6 Å². The molecule has 1 aliphatic carbocycles. The first-order valence-corrected chi connectivity index (χ1v) is 7.26. The maximum absolute atomic E-state index is 11.8. The fourth-order valence-corrected chi connectivity index (χ4v) is 1.83. The molecule has 7 heteroatoms. The Kier molecular flexibility index (Phi) is 4.96. The highest BCUT2D eigenvalue weighted by Crippen LogP contribution is 2.06. The highest BCUT2D eigenvalue weighted by Gasteiger charge is 2.11. The van der Waals surface area contributed by atoms with E-state index in [4.69, 9.17) is 14.1 Å². The van der Waals surface area contributed by atoms with E-state index in [2.05, 4.69) is 10.3 Å². The van der Waals surface area contributed by atoms with Gasteiger partial charge in [0.05, 0.1) is 11.8 Å². The summed E-state index contributed by atoms with van der Waals surface area (Å²) in [4.78, 5) is 33.0. The lowest BCUT2D eigenvalue weighted by molar-refractivity contribution is 0.0479. The first-order valence-electron chi connectivity index (χ1n) is 7.26. The van der Waals surface area contributed by atoms with Crippen LogP contribution in [0.25, 0.3) is 0 Å². The van der Waals surface area contributed by atoms with E-state index in [0.29, 0.717) is 17.0 Å². The van der Waals surface area contributed by atoms with Gasteiger partial charge in [-0.15, -0.1) is 0 Å². The van der Waals surface area contributed by atoms with Crippen molar-refractivity contribution < 1.29 is 23.7 Å². The molecule has 0 radical (unpaired) electrons. The predicted octanol–water partition coefficient (Wildman–Crippen LogP) is 3.13. The van der Waals surface area contributed by atoms with Gasteiger partial charge in [-0.25, -0.2) is 9.59 Å². The van der Waals surface area contributed by atoms with Gasteiger partial charge in [0.1, 0.15) is 11.4 Å². The number of carbonyl (C=O) groups excluding carboxylic acids is 2. The molecule has 0 unspecified atom stereocenters. The van der Waals surface area contributed by atoms with Gasteiger partial charge in [-0.1, -0.05) is 28.5 Å². The minimum absolute atomic E-state index is 0.0585. The largest absolute Gasteiger partial charge is 0.457 e. The molecule has 0 fully saturated rings. The molecule has 0 amide bonds. The number of nitrogens with zero attached hydrogens (tertiary/aromatic N) is 2. The molecule has 7 nitrogen and oxygen atoms in total. The number of hydrogen-bond acceptors (Lipinski definition) is 7. The van der Waals surface area contributed by atoms with E-state index in [0.717, 1.165) is 0 Å². The maximum atomic E-state index is 11.8. The van der Waals surface area contributed by atoms with E-state index in [9.17, 15) is 9.59 Å². The van der Waals surface area contributed by atoms with Gasteiger partial charge >= 0.3 is 11.9 Å². The van der Waals surface area contributed by atoms with E-state index in [1.165, 1.54) is 12.3 Å². The summed E-state index contributed by atoms with van der Waals surface area (Å²) in [6.45, 7) is 0. The van der Waals surface area contributed by atoms with E-state index < -0.39 is 11.9 Å². The van der Waals surface area contributed by atoms with Crippen LogP contribution >= 0.6 is 0 Å². The second-order valence-electron chi connectivity index (χ2n) is 4.80. The Hall–Kier alpha value is -3.74. The third kappa shape index (κ3) is 4.38. The molecular formula is C18H12N2O5. The molecule has 0 spiro atoms. The Balaban J connectivity index is 1.55. The standard InChI is InChI=1S/C18H12N2O5/c21-17(13-5-2-1-3-6-13)24-19-14-8-10-15(11-9-14)20-25-18(22)16-7-4-12-23-16/h1-12H. The molecule has 1 heterocycles. The topological polar surface area (TPSA) is 90.5 Å². The third-order valence-electron chi connectivity index (χ3n) is 3.05. The Morgan fingerprint density at radius 3 is 1.92 bits per heavy atom. The molecule has 0 saturated heterocycles. The van der Waals surface area contributed by atoms with Crippen molar-refractivity contribution in [2.45, 2.75) is 0 Å². The predicted molar refractivity (Wildman–Crippen MR) is 89.1 cm³/mol. The van der Waals surface area contributed by atoms with Crippen LogP contribution in [0, 0.1) is 0 Å². The van der Waals surface area contributed by atoms with E-state index in [1.54, 1.807) is 60.7 Å². The van der Waals surface area contributed by atoms with Crippen LogP contribution in [0.3, 0.4) is 0 Å². The molecule has 0 aliphatic heterocycles. The maximum Gasteiger partial charge on any atom is 0.400 e. The van der Waals surface area contributed by atoms with Crippen LogP contribution in [-0.2, 0) is 9.68 Å². The summed E-state index contributed by atoms with van der Waals surface area (Å²) in [5.74, 6) is -1.19. The van der Waals surface area contributed by atoms with Crippen molar-refractivity contribution in [2.75, 3.05) is 0 Å². The average molecular weight is 336 g/mol. The summed E-state index contributed by atoms with van der Waals surface area (Å²) in [5, 5.41) is 7.43. The van der Waals surface area contributed by atoms with Gasteiger partial charge in [0.2, 0.25) is 5.76 Å². The van der Waals surface area contributed by atoms with Gasteiger partial charge in [0.15, 0.2) is 0 Å². The van der Waals surface area contributed by atoms with Crippen molar-refractivity contribution in [1.82, 2.24) is 0 Å². The molecule has 0 N–H and O–H groups in total. The molecule has 2 aromatic rings. The second kappa shape index (κ2) is 7.69. The average Bonchev–Trinajstić information content (AvgIpc) is 3.20. The summed E-state index contributed by atoms with van der Waals surface area (Å²) in [6.07, 6.45) is 7.62. The second-order valence-corrected chi connectivity index (χ2v) is 4.80. The number of oxime groups is 2. The van der Waals surface area contributed by atoms with Gasteiger partial charge in [0.25, 0.3) is 0 Å². The normalized spacial score (nSPS) is 12.6. The van der Waals surface area contributed by atoms with Crippen LogP contribution in [0.15, 0.2) is 87.8 Å². The molecule has 0 bridgehead atoms. The quantitative estimate of drug-likeness (QED) is 0.486. The summed E-state index contributed by atoms with van der Waals surface area (Å²) in [5.41, 5.74) is 1.22. The molecular weight excluding hydrogens is 324 g/mol. The molecule has 0 atom stereocenters. The summed E-state index contributed by atoms with van der Waals surface area (Å²) in [6, 6.07) is 11.6. The van der Waals surface area contributed by atoms with Crippen molar-refractivity contribution in [3.63, 3.8) is 0 Å². The van der Waals surface area contributed by atoms with E-state index >= 15 is 0 Å². The van der Waals surface area contributed by atoms with E-state index in [-0.39, 0.29) is 5.76 Å². The molecule has 1 aromatic heterocycles. The highest BCUT2D eigenvalue weighted by atomic mass is 16.7. The van der Waals surface area contributed by atoms with Crippen LogP contribution in [0.5, 0.6) is 0 Å². The fourth-order valence-electron chi connectivity index (χ4n) is 1.83. The monoisotopic (exact) mass is 336 g/mol. The molecule has 3 rings (SSSR count). The van der Waals surface area contributed by atoms with Crippen LogP contribution in [0.2, 0.25) is 0 Å². The Bertz CT molecular complexity index is 859. The summed E-state index contributed by atoms with van der Waals surface area (Å²) in [7, 11) is 0. The molecule has 25 heavy (non-hydrogen) atoms. The number of rotatable bonds is 4. The number of carbonyl (C=O) groups is 2. The summed E-state index contributed by atoms with van der Waals surface area (Å²) < 4.78 is 4.90. The molecule has 1 aromatic carbocycles. The lowest BCUT2D eigenvalue weighted by atomic mass is 10.1. The third-order valence-corrected chi connectivity index (χ3v) is 3.05. The number of allylic oxidation sites excluding steroid dienone is 4. The number of hydrogen-bond donors (Lipinski definition) is 0. The highest BCUT2D eigenvalue weighted by molar-refractivity contribution is 6.18. The van der Waals surface area contributed by atoms with Crippen LogP contribution in [0.4, 0.5) is 0 Å². The fraction of sp³-hybridized carbons (Fsp3) is 0. The van der Waals surface area contributed by atoms with Gasteiger partial charge in [-0.2, -0.15) is 0 Å². The number of benzene rings is 1. The minimum atomic E-state index is -0.699. The lowest BCUT2D eigenvalue weighted by Gasteiger charge is -2.02. The Labute approximate surface area is 142 Å². The van der Waals surface area contributed by atoms with Crippen LogP contribution < -0.4 is 0 Å². The minimum Gasteiger partial charge on any atom is -0.457 e. The van der Waals surface area contributed by atoms with Crippen molar-refractivity contribution >= 4 is 23.4 Å². The molecule has 124 valence electrons. The SMILES string of the molecule is O=C(ON=C1C=CC(=NOC(=O)c2ccco2)C=C1)c1ccccc1. The van der Waals surface area contributed by atoms with Crippen molar-refractivity contribution in [3.8, 4) is 0 Å². The zero-order valence-electron chi connectivity index (χ0n) is 12.9. The van der Waals surface area contributed by atoms with Crippen LogP contribution in [-0.4, -0.2) is 23.4 Å². The van der Waals surface area contributed by atoms with Gasteiger partial charge in [-0.3, -0.25) is 0 Å². The van der Waals surface area contributed by atoms with E-state index in [1.807, 2.05) is 0 Å². The number of furan rings is 1. The first-order chi connectivity index (χ1) is 12.2. The Morgan fingerprint density at radius 2 is 1.36 bits per heavy atom. The van der Waals surface area contributed by atoms with Crippen molar-refractivity contribution in [1.29, 1.82) is 0 Å². The molecule has 0 saturated carbocycles. The van der Waals surface area contributed by atoms with Crippen molar-refractivity contribution in [3.05, 3.63) is 84.4 Å². The van der Waals surface area contributed by atoms with Gasteiger partial charge in [0, 0.05) is 0 Å². The zero-order chi connectivity index (χ0) is 17.5.